The summed E-state index contributed by atoms with van der Waals surface area (Å²) in [5, 5.41) is 19.3. The van der Waals surface area contributed by atoms with E-state index in [2.05, 4.69) is 0 Å². The molecule has 0 amide bonds. The fraction of sp³-hybridized carbons (Fsp3) is 0.235. The van der Waals surface area contributed by atoms with Crippen molar-refractivity contribution in [3.05, 3.63) is 60.2 Å². The Labute approximate surface area is 152 Å². The largest absolute Gasteiger partial charge is 0.390 e. The fourth-order valence-electron chi connectivity index (χ4n) is 2.96. The molecule has 2 aromatic rings. The molecule has 0 radical (unpaired) electrons. The molecule has 9 heteroatoms. The summed E-state index contributed by atoms with van der Waals surface area (Å²) in [5.74, 6) is -0.963. The molecule has 1 aliphatic rings. The van der Waals surface area contributed by atoms with E-state index in [1.807, 2.05) is 6.07 Å². The Hall–Kier alpha value is -2.41. The van der Waals surface area contributed by atoms with E-state index in [-0.39, 0.29) is 16.1 Å². The predicted octanol–water partition coefficient (Wildman–Crippen LogP) is 0.911. The molecule has 1 heterocycles. The number of rotatable bonds is 4. The molecular weight excluding hydrogens is 376 g/mol. The molecule has 0 unspecified atom stereocenters. The Kier molecular flexibility index (Phi) is 4.75. The number of hydrogen-bond acceptors (Lipinski definition) is 6. The van der Waals surface area contributed by atoms with Crippen LogP contribution in [0, 0.1) is 11.3 Å². The lowest BCUT2D eigenvalue weighted by atomic mass is 10.2. The molecule has 1 aliphatic heterocycles. The Bertz CT molecular complexity index is 1060. The minimum absolute atomic E-state index is 0.142. The molecule has 0 spiro atoms. The first kappa shape index (κ1) is 18.4. The number of hydrogen-bond donors (Lipinski definition) is 1. The smallest absolute Gasteiger partial charge is 0.264 e. The van der Waals surface area contributed by atoms with Gasteiger partial charge in [-0.05, 0) is 30.3 Å². The van der Waals surface area contributed by atoms with Crippen LogP contribution in [0.25, 0.3) is 0 Å². The van der Waals surface area contributed by atoms with Crippen molar-refractivity contribution in [1.29, 1.82) is 5.26 Å². The van der Waals surface area contributed by atoms with E-state index in [9.17, 15) is 21.9 Å². The molecule has 26 heavy (non-hydrogen) atoms. The van der Waals surface area contributed by atoms with Crippen molar-refractivity contribution >= 4 is 25.5 Å². The molecule has 1 saturated heterocycles. The lowest BCUT2D eigenvalue weighted by molar-refractivity contribution is 0.184. The Morgan fingerprint density at radius 3 is 2.35 bits per heavy atom. The standard InChI is InChI=1S/C17H16N2O5S2/c18-10-13-5-4-8-15(9-13)26(23,24)19(14-6-2-1-3-7-14)16-11-25(21,22)12-17(16)20/h1-9,16-17,20H,11-12H2/t16-,17+/m1/s1. The van der Waals surface area contributed by atoms with Crippen LogP contribution in [0.1, 0.15) is 5.56 Å². The number of para-hydroxylation sites is 1. The van der Waals surface area contributed by atoms with Crippen molar-refractivity contribution in [2.24, 2.45) is 0 Å². The maximum absolute atomic E-state index is 13.3. The van der Waals surface area contributed by atoms with Crippen LogP contribution in [0.4, 0.5) is 5.69 Å². The highest BCUT2D eigenvalue weighted by Gasteiger charge is 2.45. The molecule has 0 aliphatic carbocycles. The summed E-state index contributed by atoms with van der Waals surface area (Å²) in [5.41, 5.74) is 0.412. The van der Waals surface area contributed by atoms with E-state index in [0.29, 0.717) is 0 Å². The molecule has 0 aromatic heterocycles. The van der Waals surface area contributed by atoms with Crippen LogP contribution in [-0.4, -0.2) is 45.6 Å². The first-order valence-corrected chi connectivity index (χ1v) is 11.0. The van der Waals surface area contributed by atoms with E-state index < -0.39 is 43.5 Å². The van der Waals surface area contributed by atoms with Crippen LogP contribution < -0.4 is 4.31 Å². The second-order valence-electron chi connectivity index (χ2n) is 5.99. The molecule has 3 rings (SSSR count). The molecule has 0 bridgehead atoms. The highest BCUT2D eigenvalue weighted by Crippen LogP contribution is 2.31. The summed E-state index contributed by atoms with van der Waals surface area (Å²) in [7, 11) is -7.76. The Morgan fingerprint density at radius 1 is 1.08 bits per heavy atom. The van der Waals surface area contributed by atoms with Crippen molar-refractivity contribution < 1.29 is 21.9 Å². The van der Waals surface area contributed by atoms with Gasteiger partial charge in [0.05, 0.1) is 45.9 Å². The van der Waals surface area contributed by atoms with Gasteiger partial charge in [0.2, 0.25) is 0 Å². The van der Waals surface area contributed by atoms with Crippen LogP contribution in [0.2, 0.25) is 0 Å². The molecule has 1 fully saturated rings. The molecule has 2 aromatic carbocycles. The third kappa shape index (κ3) is 3.44. The quantitative estimate of drug-likeness (QED) is 0.827. The molecule has 136 valence electrons. The zero-order chi connectivity index (χ0) is 18.9. The SMILES string of the molecule is N#Cc1cccc(S(=O)(=O)N(c2ccccc2)[C@@H]2CS(=O)(=O)C[C@@H]2O)c1. The summed E-state index contributed by atoms with van der Waals surface area (Å²) >= 11 is 0. The molecule has 7 nitrogen and oxygen atoms in total. The monoisotopic (exact) mass is 392 g/mol. The van der Waals surface area contributed by atoms with Gasteiger partial charge in [0.15, 0.2) is 9.84 Å². The number of nitrogens with zero attached hydrogens (tertiary/aromatic N) is 2. The minimum Gasteiger partial charge on any atom is -0.390 e. The number of aliphatic hydroxyl groups is 1. The van der Waals surface area contributed by atoms with Gasteiger partial charge >= 0.3 is 0 Å². The summed E-state index contributed by atoms with van der Waals surface area (Å²) in [4.78, 5) is -0.142. The average Bonchev–Trinajstić information content (AvgIpc) is 2.88. The molecule has 2 atom stereocenters. The fourth-order valence-corrected chi connectivity index (χ4v) is 6.55. The highest BCUT2D eigenvalue weighted by molar-refractivity contribution is 7.93. The molecule has 1 N–H and O–H groups in total. The predicted molar refractivity (Wildman–Crippen MR) is 95.7 cm³/mol. The zero-order valence-electron chi connectivity index (χ0n) is 13.6. The van der Waals surface area contributed by atoms with E-state index in [0.717, 1.165) is 4.31 Å². The third-order valence-electron chi connectivity index (χ3n) is 4.13. The van der Waals surface area contributed by atoms with Gasteiger partial charge in [-0.15, -0.1) is 0 Å². The van der Waals surface area contributed by atoms with Crippen LogP contribution in [0.5, 0.6) is 0 Å². The molecular formula is C17H16N2O5S2. The lowest BCUT2D eigenvalue weighted by Gasteiger charge is -2.31. The summed E-state index contributed by atoms with van der Waals surface area (Å²) in [6, 6.07) is 14.2. The van der Waals surface area contributed by atoms with Crippen molar-refractivity contribution in [1.82, 2.24) is 0 Å². The van der Waals surface area contributed by atoms with Crippen LogP contribution in [0.15, 0.2) is 59.5 Å². The van der Waals surface area contributed by atoms with E-state index in [1.54, 1.807) is 18.2 Å². The first-order chi connectivity index (χ1) is 12.2. The van der Waals surface area contributed by atoms with Gasteiger partial charge < -0.3 is 5.11 Å². The minimum atomic E-state index is -4.20. The number of aliphatic hydroxyl groups excluding tert-OH is 1. The second-order valence-corrected chi connectivity index (χ2v) is 9.96. The molecule has 0 saturated carbocycles. The van der Waals surface area contributed by atoms with Gasteiger partial charge in [0, 0.05) is 0 Å². The lowest BCUT2D eigenvalue weighted by Crippen LogP contribution is -2.47. The second kappa shape index (κ2) is 6.72. The van der Waals surface area contributed by atoms with Crippen molar-refractivity contribution in [2.75, 3.05) is 15.8 Å². The first-order valence-electron chi connectivity index (χ1n) is 7.73. The summed E-state index contributed by atoms with van der Waals surface area (Å²) in [6.45, 7) is 0. The Balaban J connectivity index is 2.16. The number of nitriles is 1. The van der Waals surface area contributed by atoms with Crippen LogP contribution in [-0.2, 0) is 19.9 Å². The number of sulfonamides is 1. The van der Waals surface area contributed by atoms with Crippen LogP contribution in [0.3, 0.4) is 0 Å². The van der Waals surface area contributed by atoms with Gasteiger partial charge in [0.1, 0.15) is 0 Å². The van der Waals surface area contributed by atoms with E-state index in [1.165, 1.54) is 36.4 Å². The highest BCUT2D eigenvalue weighted by atomic mass is 32.2. The maximum Gasteiger partial charge on any atom is 0.264 e. The van der Waals surface area contributed by atoms with Crippen molar-refractivity contribution in [3.8, 4) is 6.07 Å². The number of benzene rings is 2. The third-order valence-corrected chi connectivity index (χ3v) is 7.67. The van der Waals surface area contributed by atoms with E-state index in [4.69, 9.17) is 5.26 Å². The van der Waals surface area contributed by atoms with Crippen molar-refractivity contribution in [2.45, 2.75) is 17.0 Å². The van der Waals surface area contributed by atoms with E-state index >= 15 is 0 Å². The average molecular weight is 392 g/mol. The van der Waals surface area contributed by atoms with Crippen LogP contribution >= 0.6 is 0 Å². The van der Waals surface area contributed by atoms with Gasteiger partial charge in [-0.2, -0.15) is 5.26 Å². The summed E-state index contributed by atoms with van der Waals surface area (Å²) in [6.07, 6.45) is -1.34. The number of anilines is 1. The van der Waals surface area contributed by atoms with Crippen molar-refractivity contribution in [3.63, 3.8) is 0 Å². The van der Waals surface area contributed by atoms with Gasteiger partial charge in [-0.25, -0.2) is 16.8 Å². The normalized spacial score (nSPS) is 21.8. The zero-order valence-corrected chi connectivity index (χ0v) is 15.2. The van der Waals surface area contributed by atoms with Gasteiger partial charge in [-0.1, -0.05) is 24.3 Å². The van der Waals surface area contributed by atoms with Gasteiger partial charge in [0.25, 0.3) is 10.0 Å². The number of sulfone groups is 1. The Morgan fingerprint density at radius 2 is 1.77 bits per heavy atom. The van der Waals surface area contributed by atoms with Gasteiger partial charge in [-0.3, -0.25) is 4.31 Å². The maximum atomic E-state index is 13.3. The topological polar surface area (TPSA) is 116 Å². The summed E-state index contributed by atoms with van der Waals surface area (Å²) < 4.78 is 51.3.